The topological polar surface area (TPSA) is 28.7 Å². The van der Waals surface area contributed by atoms with Crippen molar-refractivity contribution in [2.75, 3.05) is 0 Å². The van der Waals surface area contributed by atoms with Gasteiger partial charge in [0.15, 0.2) is 0 Å². The quantitative estimate of drug-likeness (QED) is 0.664. The third-order valence-electron chi connectivity index (χ3n) is 3.32. The van der Waals surface area contributed by atoms with Gasteiger partial charge < -0.3 is 4.57 Å². The summed E-state index contributed by atoms with van der Waals surface area (Å²) >= 11 is 12.4. The van der Waals surface area contributed by atoms with Gasteiger partial charge in [-0.15, -0.1) is 0 Å². The summed E-state index contributed by atoms with van der Waals surface area (Å²) in [7, 11) is 0. The fourth-order valence-corrected chi connectivity index (χ4v) is 2.83. The van der Waals surface area contributed by atoms with Crippen molar-refractivity contribution in [1.82, 2.24) is 4.57 Å². The summed E-state index contributed by atoms with van der Waals surface area (Å²) in [6.07, 6.45) is 1.95. The van der Waals surface area contributed by atoms with Crippen LogP contribution in [0.5, 0.6) is 0 Å². The molecule has 0 atom stereocenters. The first kappa shape index (κ1) is 13.1. The van der Waals surface area contributed by atoms with Crippen molar-refractivity contribution in [3.63, 3.8) is 0 Å². The average Bonchev–Trinajstić information content (AvgIpc) is 2.86. The first-order valence-corrected chi connectivity index (χ1v) is 6.87. The molecule has 98 valence electrons. The molecule has 0 spiro atoms. The number of rotatable bonds is 2. The third kappa shape index (κ3) is 2.16. The molecule has 0 aliphatic carbocycles. The Morgan fingerprint density at radius 2 is 1.70 bits per heavy atom. The Hall–Kier alpha value is -1.95. The van der Waals surface area contributed by atoms with Crippen LogP contribution in [0.4, 0.5) is 0 Å². The SMILES string of the molecule is N#Cc1cccc2c1ccn2Cc1c(Cl)cccc1Cl. The minimum atomic E-state index is 0.580. The number of benzene rings is 2. The molecule has 20 heavy (non-hydrogen) atoms. The van der Waals surface area contributed by atoms with E-state index in [0.717, 1.165) is 16.5 Å². The first-order valence-electron chi connectivity index (χ1n) is 6.11. The molecule has 0 unspecified atom stereocenters. The van der Waals surface area contributed by atoms with Crippen LogP contribution in [0.1, 0.15) is 11.1 Å². The van der Waals surface area contributed by atoms with E-state index in [1.165, 1.54) is 0 Å². The van der Waals surface area contributed by atoms with E-state index < -0.39 is 0 Å². The van der Waals surface area contributed by atoms with E-state index >= 15 is 0 Å². The zero-order valence-corrected chi connectivity index (χ0v) is 12.0. The summed E-state index contributed by atoms with van der Waals surface area (Å²) < 4.78 is 2.04. The minimum Gasteiger partial charge on any atom is -0.343 e. The molecule has 0 bridgehead atoms. The van der Waals surface area contributed by atoms with Gasteiger partial charge in [0, 0.05) is 32.7 Å². The summed E-state index contributed by atoms with van der Waals surface area (Å²) in [4.78, 5) is 0. The maximum Gasteiger partial charge on any atom is 0.0998 e. The Kier molecular flexibility index (Phi) is 3.40. The summed E-state index contributed by atoms with van der Waals surface area (Å²) in [6.45, 7) is 0.580. The molecule has 4 heteroatoms. The van der Waals surface area contributed by atoms with Gasteiger partial charge in [-0.3, -0.25) is 0 Å². The average molecular weight is 301 g/mol. The van der Waals surface area contributed by atoms with Crippen molar-refractivity contribution in [2.24, 2.45) is 0 Å². The summed E-state index contributed by atoms with van der Waals surface area (Å²) in [5.74, 6) is 0. The van der Waals surface area contributed by atoms with Gasteiger partial charge in [0.05, 0.1) is 18.2 Å². The van der Waals surface area contributed by atoms with Crippen LogP contribution < -0.4 is 0 Å². The van der Waals surface area contributed by atoms with Crippen molar-refractivity contribution in [3.8, 4) is 6.07 Å². The van der Waals surface area contributed by atoms with Gasteiger partial charge in [0.2, 0.25) is 0 Å². The molecule has 3 rings (SSSR count). The Bertz CT molecular complexity index is 808. The molecule has 0 amide bonds. The van der Waals surface area contributed by atoms with Crippen molar-refractivity contribution in [2.45, 2.75) is 6.54 Å². The lowest BCUT2D eigenvalue weighted by Crippen LogP contribution is -1.99. The molecule has 0 aliphatic rings. The molecule has 0 saturated carbocycles. The van der Waals surface area contributed by atoms with Crippen molar-refractivity contribution in [3.05, 3.63) is 69.8 Å². The highest BCUT2D eigenvalue weighted by Gasteiger charge is 2.09. The molecule has 0 aliphatic heterocycles. The van der Waals surface area contributed by atoms with Gasteiger partial charge in [-0.1, -0.05) is 35.3 Å². The highest BCUT2D eigenvalue weighted by atomic mass is 35.5. The summed E-state index contributed by atoms with van der Waals surface area (Å²) in [6, 6.07) is 15.3. The maximum absolute atomic E-state index is 9.12. The molecular weight excluding hydrogens is 291 g/mol. The second kappa shape index (κ2) is 5.20. The maximum atomic E-state index is 9.12. The fraction of sp³-hybridized carbons (Fsp3) is 0.0625. The lowest BCUT2D eigenvalue weighted by atomic mass is 10.1. The van der Waals surface area contributed by atoms with Crippen LogP contribution in [0, 0.1) is 11.3 Å². The Morgan fingerprint density at radius 1 is 1.00 bits per heavy atom. The van der Waals surface area contributed by atoms with Crippen LogP contribution in [-0.4, -0.2) is 4.57 Å². The zero-order valence-electron chi connectivity index (χ0n) is 10.5. The predicted octanol–water partition coefficient (Wildman–Crippen LogP) is 4.87. The number of nitrogens with zero attached hydrogens (tertiary/aromatic N) is 2. The molecule has 0 saturated heterocycles. The van der Waals surface area contributed by atoms with Crippen molar-refractivity contribution in [1.29, 1.82) is 5.26 Å². The Balaban J connectivity index is 2.11. The third-order valence-corrected chi connectivity index (χ3v) is 4.03. The summed E-state index contributed by atoms with van der Waals surface area (Å²) in [5.41, 5.74) is 2.56. The normalized spacial score (nSPS) is 10.7. The number of hydrogen-bond acceptors (Lipinski definition) is 1. The smallest absolute Gasteiger partial charge is 0.0998 e. The van der Waals surface area contributed by atoms with E-state index in [9.17, 15) is 0 Å². The molecule has 1 aromatic heterocycles. The molecule has 2 nitrogen and oxygen atoms in total. The largest absolute Gasteiger partial charge is 0.343 e. The second-order valence-corrected chi connectivity index (χ2v) is 5.31. The lowest BCUT2D eigenvalue weighted by Gasteiger charge is -2.09. The number of fused-ring (bicyclic) bond motifs is 1. The van der Waals surface area contributed by atoms with Gasteiger partial charge in [-0.05, 0) is 30.3 Å². The van der Waals surface area contributed by atoms with Crippen LogP contribution in [-0.2, 0) is 6.54 Å². The fourth-order valence-electron chi connectivity index (χ4n) is 2.31. The molecule has 2 aromatic carbocycles. The van der Waals surface area contributed by atoms with Crippen LogP contribution >= 0.6 is 23.2 Å². The molecule has 0 radical (unpaired) electrons. The zero-order chi connectivity index (χ0) is 14.1. The molecular formula is C16H10Cl2N2. The highest BCUT2D eigenvalue weighted by molar-refractivity contribution is 6.36. The van der Waals surface area contributed by atoms with Crippen molar-refractivity contribution < 1.29 is 0 Å². The molecule has 1 heterocycles. The van der Waals surface area contributed by atoms with Crippen LogP contribution in [0.25, 0.3) is 10.9 Å². The number of halogens is 2. The van der Waals surface area contributed by atoms with Gasteiger partial charge in [0.25, 0.3) is 0 Å². The lowest BCUT2D eigenvalue weighted by molar-refractivity contribution is 0.837. The van der Waals surface area contributed by atoms with Crippen LogP contribution in [0.3, 0.4) is 0 Å². The van der Waals surface area contributed by atoms with E-state index in [4.69, 9.17) is 28.5 Å². The first-order chi connectivity index (χ1) is 9.70. The van der Waals surface area contributed by atoms with Gasteiger partial charge in [-0.2, -0.15) is 5.26 Å². The molecule has 0 fully saturated rings. The van der Waals surface area contributed by atoms with E-state index in [1.54, 1.807) is 0 Å². The van der Waals surface area contributed by atoms with Gasteiger partial charge in [-0.25, -0.2) is 0 Å². The van der Waals surface area contributed by atoms with E-state index in [-0.39, 0.29) is 0 Å². The van der Waals surface area contributed by atoms with E-state index in [0.29, 0.717) is 22.2 Å². The monoisotopic (exact) mass is 300 g/mol. The number of aromatic nitrogens is 1. The standard InChI is InChI=1S/C16H10Cl2N2/c17-14-4-2-5-15(18)13(14)10-20-8-7-12-11(9-19)3-1-6-16(12)20/h1-8H,10H2. The Morgan fingerprint density at radius 3 is 2.40 bits per heavy atom. The molecule has 0 N–H and O–H groups in total. The second-order valence-electron chi connectivity index (χ2n) is 4.49. The minimum absolute atomic E-state index is 0.580. The summed E-state index contributed by atoms with van der Waals surface area (Å²) in [5, 5.41) is 11.4. The Labute approximate surface area is 126 Å². The van der Waals surface area contributed by atoms with E-state index in [1.807, 2.05) is 53.2 Å². The highest BCUT2D eigenvalue weighted by Crippen LogP contribution is 2.27. The van der Waals surface area contributed by atoms with Crippen molar-refractivity contribution >= 4 is 34.1 Å². The van der Waals surface area contributed by atoms with Crippen LogP contribution in [0.15, 0.2) is 48.7 Å². The number of hydrogen-bond donors (Lipinski definition) is 0. The molecule has 3 aromatic rings. The van der Waals surface area contributed by atoms with Gasteiger partial charge in [0.1, 0.15) is 0 Å². The van der Waals surface area contributed by atoms with Crippen LogP contribution in [0.2, 0.25) is 10.0 Å². The predicted molar refractivity (Wildman–Crippen MR) is 82.2 cm³/mol. The number of nitriles is 1. The van der Waals surface area contributed by atoms with Gasteiger partial charge >= 0.3 is 0 Å². The van der Waals surface area contributed by atoms with E-state index in [2.05, 4.69) is 6.07 Å².